The number of rotatable bonds is 2. The van der Waals surface area contributed by atoms with E-state index in [1.165, 1.54) is 54.5 Å². The van der Waals surface area contributed by atoms with E-state index in [1.54, 1.807) is 0 Å². The van der Waals surface area contributed by atoms with Gasteiger partial charge in [-0.2, -0.15) is 0 Å². The van der Waals surface area contributed by atoms with Gasteiger partial charge in [0.05, 0.1) is 16.6 Å². The van der Waals surface area contributed by atoms with Gasteiger partial charge in [-0.3, -0.25) is 4.57 Å². The molecule has 0 aliphatic heterocycles. The maximum absolute atomic E-state index is 5.23. The summed E-state index contributed by atoms with van der Waals surface area (Å²) in [6, 6.07) is 47.7. The normalized spacial score (nSPS) is 11.8. The molecule has 0 saturated heterocycles. The third kappa shape index (κ3) is 2.96. The van der Waals surface area contributed by atoms with Crippen LogP contribution in [0.15, 0.2) is 133 Å². The van der Waals surface area contributed by atoms with Gasteiger partial charge in [0.2, 0.25) is 0 Å². The first-order valence-corrected chi connectivity index (χ1v) is 12.7. The van der Waals surface area contributed by atoms with Gasteiger partial charge in [-0.05, 0) is 56.9 Å². The summed E-state index contributed by atoms with van der Waals surface area (Å²) in [5.74, 6) is 0.933. The lowest BCUT2D eigenvalue weighted by Crippen LogP contribution is -1.99. The van der Waals surface area contributed by atoms with Crippen LogP contribution in [0.25, 0.3) is 71.2 Å². The van der Waals surface area contributed by atoms with Crippen LogP contribution < -0.4 is 0 Å². The van der Waals surface area contributed by atoms with Crippen molar-refractivity contribution in [1.82, 2.24) is 9.55 Å². The van der Waals surface area contributed by atoms with Gasteiger partial charge in [-0.1, -0.05) is 109 Å². The zero-order chi connectivity index (χ0) is 24.3. The van der Waals surface area contributed by atoms with Crippen molar-refractivity contribution in [2.45, 2.75) is 0 Å². The Kier molecular flexibility index (Phi) is 4.26. The predicted molar refractivity (Wildman–Crippen MR) is 157 cm³/mol. The molecule has 0 N–H and O–H groups in total. The maximum atomic E-state index is 5.23. The number of aromatic nitrogens is 2. The second-order valence-electron chi connectivity index (χ2n) is 9.61. The monoisotopic (exact) mass is 470 g/mol. The third-order valence-electron chi connectivity index (χ3n) is 7.56. The molecule has 2 aromatic heterocycles. The average Bonchev–Trinajstić information content (AvgIpc) is 3.32. The second-order valence-corrected chi connectivity index (χ2v) is 9.61. The zero-order valence-electron chi connectivity index (χ0n) is 20.1. The Morgan fingerprint density at radius 1 is 0.459 bits per heavy atom. The van der Waals surface area contributed by atoms with Crippen LogP contribution in [0.5, 0.6) is 0 Å². The summed E-state index contributed by atoms with van der Waals surface area (Å²) < 4.78 is 2.35. The number of pyridine rings is 1. The predicted octanol–water partition coefficient (Wildman–Crippen LogP) is 9.31. The van der Waals surface area contributed by atoms with Gasteiger partial charge in [0.25, 0.3) is 0 Å². The molecule has 8 aromatic rings. The van der Waals surface area contributed by atoms with Crippen LogP contribution in [0.1, 0.15) is 0 Å². The van der Waals surface area contributed by atoms with Crippen molar-refractivity contribution in [1.29, 1.82) is 0 Å². The quantitative estimate of drug-likeness (QED) is 0.246. The van der Waals surface area contributed by atoms with Crippen molar-refractivity contribution in [3.05, 3.63) is 133 Å². The van der Waals surface area contributed by atoms with Gasteiger partial charge >= 0.3 is 0 Å². The minimum atomic E-state index is 0.933. The molecular weight excluding hydrogens is 448 g/mol. The standard InChI is InChI=1S/C35H22N2/c1-2-10-23(11-3-1)29-22-33(36-30-17-9-8-16-28(29)30)37-31-20-18-24-12-4-6-14-26(24)34(31)35-27-15-7-5-13-25(27)19-21-32(35)37/h1-22H. The SMILES string of the molecule is c1ccc(-c2cc(-n3c4ccc5ccccc5c4c4c5ccccc5ccc43)nc3ccccc23)cc1. The van der Waals surface area contributed by atoms with Gasteiger partial charge in [0.1, 0.15) is 5.82 Å². The molecule has 37 heavy (non-hydrogen) atoms. The molecule has 0 bridgehead atoms. The van der Waals surface area contributed by atoms with Crippen molar-refractivity contribution < 1.29 is 0 Å². The Morgan fingerprint density at radius 2 is 1.00 bits per heavy atom. The molecule has 0 atom stereocenters. The van der Waals surface area contributed by atoms with Crippen molar-refractivity contribution in [3.8, 4) is 16.9 Å². The highest BCUT2D eigenvalue weighted by Crippen LogP contribution is 2.41. The van der Waals surface area contributed by atoms with E-state index >= 15 is 0 Å². The summed E-state index contributed by atoms with van der Waals surface area (Å²) in [6.45, 7) is 0. The summed E-state index contributed by atoms with van der Waals surface area (Å²) in [5.41, 5.74) is 5.73. The molecule has 2 nitrogen and oxygen atoms in total. The van der Waals surface area contributed by atoms with Crippen LogP contribution in [0.4, 0.5) is 0 Å². The minimum Gasteiger partial charge on any atom is -0.294 e. The van der Waals surface area contributed by atoms with Crippen LogP contribution in [-0.2, 0) is 0 Å². The Bertz CT molecular complexity index is 2040. The fourth-order valence-electron chi connectivity index (χ4n) is 5.93. The van der Waals surface area contributed by atoms with Crippen molar-refractivity contribution in [3.63, 3.8) is 0 Å². The molecule has 2 heterocycles. The second kappa shape index (κ2) is 7.78. The molecular formula is C35H22N2. The Balaban J connectivity index is 1.58. The maximum Gasteiger partial charge on any atom is 0.138 e. The number of hydrogen-bond donors (Lipinski definition) is 0. The summed E-state index contributed by atoms with van der Waals surface area (Å²) in [4.78, 5) is 5.23. The van der Waals surface area contributed by atoms with E-state index < -0.39 is 0 Å². The van der Waals surface area contributed by atoms with E-state index in [-0.39, 0.29) is 0 Å². The smallest absolute Gasteiger partial charge is 0.138 e. The van der Waals surface area contributed by atoms with Crippen LogP contribution in [-0.4, -0.2) is 9.55 Å². The van der Waals surface area contributed by atoms with E-state index in [2.05, 4.69) is 138 Å². The van der Waals surface area contributed by atoms with Gasteiger partial charge in [0.15, 0.2) is 0 Å². The van der Waals surface area contributed by atoms with Crippen molar-refractivity contribution in [2.75, 3.05) is 0 Å². The first-order chi connectivity index (χ1) is 18.4. The molecule has 0 unspecified atom stereocenters. The minimum absolute atomic E-state index is 0.933. The summed E-state index contributed by atoms with van der Waals surface area (Å²) in [6.07, 6.45) is 0. The van der Waals surface area contributed by atoms with E-state index in [9.17, 15) is 0 Å². The first-order valence-electron chi connectivity index (χ1n) is 12.7. The van der Waals surface area contributed by atoms with Gasteiger partial charge in [-0.25, -0.2) is 4.98 Å². The third-order valence-corrected chi connectivity index (χ3v) is 7.56. The number of para-hydroxylation sites is 1. The van der Waals surface area contributed by atoms with Crippen molar-refractivity contribution >= 4 is 54.3 Å². The van der Waals surface area contributed by atoms with Gasteiger partial charge in [0, 0.05) is 16.2 Å². The molecule has 0 radical (unpaired) electrons. The molecule has 0 aliphatic rings. The zero-order valence-corrected chi connectivity index (χ0v) is 20.1. The molecule has 0 fully saturated rings. The van der Waals surface area contributed by atoms with E-state index in [0.29, 0.717) is 0 Å². The van der Waals surface area contributed by atoms with E-state index in [0.717, 1.165) is 16.7 Å². The molecule has 0 spiro atoms. The lowest BCUT2D eigenvalue weighted by Gasteiger charge is -2.13. The fraction of sp³-hybridized carbons (Fsp3) is 0. The fourth-order valence-corrected chi connectivity index (χ4v) is 5.93. The number of benzene rings is 6. The highest BCUT2D eigenvalue weighted by atomic mass is 15.1. The molecule has 172 valence electrons. The highest BCUT2D eigenvalue weighted by Gasteiger charge is 2.19. The average molecular weight is 471 g/mol. The summed E-state index contributed by atoms with van der Waals surface area (Å²) in [5, 5.41) is 8.75. The lowest BCUT2D eigenvalue weighted by molar-refractivity contribution is 1.10. The highest BCUT2D eigenvalue weighted by molar-refractivity contribution is 6.28. The first kappa shape index (κ1) is 20.3. The molecule has 0 saturated carbocycles. The van der Waals surface area contributed by atoms with E-state index in [1.807, 2.05) is 0 Å². The Hall–Kier alpha value is -4.95. The molecule has 2 heteroatoms. The van der Waals surface area contributed by atoms with Crippen LogP contribution in [0.2, 0.25) is 0 Å². The molecule has 6 aromatic carbocycles. The number of nitrogens with zero attached hydrogens (tertiary/aromatic N) is 2. The van der Waals surface area contributed by atoms with Crippen LogP contribution >= 0.6 is 0 Å². The lowest BCUT2D eigenvalue weighted by atomic mass is 10.00. The molecule has 0 aliphatic carbocycles. The Labute approximate surface area is 214 Å². The van der Waals surface area contributed by atoms with Crippen LogP contribution in [0.3, 0.4) is 0 Å². The molecule has 8 rings (SSSR count). The molecule has 0 amide bonds. The Morgan fingerprint density at radius 3 is 1.65 bits per heavy atom. The van der Waals surface area contributed by atoms with Gasteiger partial charge in [-0.15, -0.1) is 0 Å². The van der Waals surface area contributed by atoms with Crippen LogP contribution in [0, 0.1) is 0 Å². The van der Waals surface area contributed by atoms with E-state index in [4.69, 9.17) is 4.98 Å². The van der Waals surface area contributed by atoms with Gasteiger partial charge < -0.3 is 0 Å². The van der Waals surface area contributed by atoms with Crippen molar-refractivity contribution in [2.24, 2.45) is 0 Å². The summed E-state index contributed by atoms with van der Waals surface area (Å²) in [7, 11) is 0. The number of hydrogen-bond acceptors (Lipinski definition) is 1. The topological polar surface area (TPSA) is 17.8 Å². The largest absolute Gasteiger partial charge is 0.294 e. The summed E-state index contributed by atoms with van der Waals surface area (Å²) >= 11 is 0. The number of fused-ring (bicyclic) bond motifs is 8.